The highest BCUT2D eigenvalue weighted by Gasteiger charge is 2.43. The van der Waals surface area contributed by atoms with E-state index in [-0.39, 0.29) is 10.8 Å². The summed E-state index contributed by atoms with van der Waals surface area (Å²) < 4.78 is 0. The monoisotopic (exact) mass is 664 g/mol. The minimum Gasteiger partial charge on any atom is -0.341 e. The first-order valence-corrected chi connectivity index (χ1v) is 19.0. The molecule has 4 aliphatic rings. The maximum atomic E-state index is 4.81. The van der Waals surface area contributed by atoms with Crippen LogP contribution in [0.15, 0.2) is 60.9 Å². The second-order valence-corrected chi connectivity index (χ2v) is 17.0. The number of rotatable bonds is 6. The summed E-state index contributed by atoms with van der Waals surface area (Å²) in [6.07, 6.45) is 13.5. The van der Waals surface area contributed by atoms with E-state index < -0.39 is 0 Å². The first kappa shape index (κ1) is 31.9. The van der Waals surface area contributed by atoms with Gasteiger partial charge < -0.3 is 9.97 Å². The van der Waals surface area contributed by atoms with E-state index in [2.05, 4.69) is 110 Å². The summed E-state index contributed by atoms with van der Waals surface area (Å²) in [5, 5.41) is 0. The van der Waals surface area contributed by atoms with Crippen LogP contribution in [0, 0.1) is 0 Å². The Morgan fingerprint density at radius 2 is 0.960 bits per heavy atom. The number of benzene rings is 3. The Morgan fingerprint density at radius 1 is 0.580 bits per heavy atom. The highest BCUT2D eigenvalue weighted by molar-refractivity contribution is 5.88. The predicted octanol–water partition coefficient (Wildman–Crippen LogP) is 9.78. The zero-order valence-corrected chi connectivity index (χ0v) is 30.8. The van der Waals surface area contributed by atoms with Gasteiger partial charge in [-0.25, -0.2) is 9.97 Å². The van der Waals surface area contributed by atoms with Gasteiger partial charge in [0.15, 0.2) is 0 Å². The van der Waals surface area contributed by atoms with Crippen molar-refractivity contribution in [3.8, 4) is 44.8 Å². The molecule has 0 amide bonds. The van der Waals surface area contributed by atoms with Crippen molar-refractivity contribution in [2.45, 2.75) is 102 Å². The minimum absolute atomic E-state index is 0.116. The van der Waals surface area contributed by atoms with Crippen molar-refractivity contribution in [3.63, 3.8) is 0 Å². The lowest BCUT2D eigenvalue weighted by Crippen LogP contribution is -2.18. The standard InChI is InChI=1S/C44H52N6/c1-43(2)21-19-31-38(30-17-13-28(14-18-30)34-26-46-42(48-34)36-10-8-24-50(36)6)40-32(20-22-44(40,3)4)37(39(31)43)29-15-11-27(12-16-29)33-25-45-41(47-33)35-9-7-23-49(35)5/h11-18,25-26,35-36H,7-10,19-24H2,1-6H3,(H,45,47)(H,46,48)/t35-,36-/m0/s1. The highest BCUT2D eigenvalue weighted by Crippen LogP contribution is 2.56. The number of aromatic nitrogens is 4. The number of fused-ring (bicyclic) bond motifs is 2. The molecule has 50 heavy (non-hydrogen) atoms. The summed E-state index contributed by atoms with van der Waals surface area (Å²) in [5.41, 5.74) is 16.9. The molecule has 0 radical (unpaired) electrons. The molecular formula is C44H52N6. The summed E-state index contributed by atoms with van der Waals surface area (Å²) in [4.78, 5) is 21.8. The van der Waals surface area contributed by atoms with E-state index in [9.17, 15) is 0 Å². The third-order valence-electron chi connectivity index (χ3n) is 12.9. The minimum atomic E-state index is 0.116. The largest absolute Gasteiger partial charge is 0.341 e. The number of nitrogens with one attached hydrogen (secondary N) is 2. The van der Waals surface area contributed by atoms with Crippen molar-refractivity contribution in [2.75, 3.05) is 27.2 Å². The Labute approximate surface area is 297 Å². The molecule has 2 saturated heterocycles. The summed E-state index contributed by atoms with van der Waals surface area (Å²) in [7, 11) is 4.42. The van der Waals surface area contributed by atoms with Crippen LogP contribution >= 0.6 is 0 Å². The molecule has 6 heteroatoms. The molecule has 9 rings (SSSR count). The number of hydrogen-bond acceptors (Lipinski definition) is 4. The topological polar surface area (TPSA) is 63.8 Å². The van der Waals surface area contributed by atoms with E-state index in [1.807, 2.05) is 12.4 Å². The predicted molar refractivity (Wildman–Crippen MR) is 204 cm³/mol. The molecule has 2 aromatic heterocycles. The number of likely N-dealkylation sites (tertiary alicyclic amines) is 2. The van der Waals surface area contributed by atoms with E-state index in [0.29, 0.717) is 12.1 Å². The molecule has 6 nitrogen and oxygen atoms in total. The normalized spacial score (nSPS) is 22.8. The molecule has 2 aliphatic heterocycles. The first-order chi connectivity index (χ1) is 24.1. The lowest BCUT2D eigenvalue weighted by molar-refractivity contribution is 0.307. The molecule has 258 valence electrons. The van der Waals surface area contributed by atoms with Crippen LogP contribution in [0.5, 0.6) is 0 Å². The maximum Gasteiger partial charge on any atom is 0.123 e. The molecule has 2 fully saturated rings. The van der Waals surface area contributed by atoms with Crippen LogP contribution in [0.25, 0.3) is 44.8 Å². The van der Waals surface area contributed by atoms with Gasteiger partial charge in [0.05, 0.1) is 35.9 Å². The molecule has 0 saturated carbocycles. The smallest absolute Gasteiger partial charge is 0.123 e. The van der Waals surface area contributed by atoms with Gasteiger partial charge in [-0.1, -0.05) is 76.2 Å². The fraction of sp³-hybridized carbons (Fsp3) is 0.455. The van der Waals surface area contributed by atoms with Gasteiger partial charge in [0.25, 0.3) is 0 Å². The zero-order chi connectivity index (χ0) is 34.4. The first-order valence-electron chi connectivity index (χ1n) is 19.0. The molecule has 2 N–H and O–H groups in total. The van der Waals surface area contributed by atoms with Crippen LogP contribution in [0.4, 0.5) is 0 Å². The average Bonchev–Trinajstić information content (AvgIpc) is 3.96. The lowest BCUT2D eigenvalue weighted by Gasteiger charge is -2.30. The van der Waals surface area contributed by atoms with Gasteiger partial charge in [-0.15, -0.1) is 0 Å². The van der Waals surface area contributed by atoms with Gasteiger partial charge in [-0.2, -0.15) is 0 Å². The second-order valence-electron chi connectivity index (χ2n) is 17.0. The summed E-state index contributed by atoms with van der Waals surface area (Å²) >= 11 is 0. The van der Waals surface area contributed by atoms with Gasteiger partial charge in [0.1, 0.15) is 11.6 Å². The zero-order valence-electron chi connectivity index (χ0n) is 30.8. The van der Waals surface area contributed by atoms with Crippen LogP contribution in [0.1, 0.15) is 112 Å². The van der Waals surface area contributed by atoms with Crippen LogP contribution < -0.4 is 0 Å². The van der Waals surface area contributed by atoms with Gasteiger partial charge in [-0.3, -0.25) is 9.80 Å². The maximum absolute atomic E-state index is 4.81. The lowest BCUT2D eigenvalue weighted by atomic mass is 9.73. The van der Waals surface area contributed by atoms with Crippen molar-refractivity contribution >= 4 is 0 Å². The van der Waals surface area contributed by atoms with Gasteiger partial charge in [0, 0.05) is 0 Å². The highest BCUT2D eigenvalue weighted by atomic mass is 15.2. The molecule has 4 heterocycles. The fourth-order valence-electron chi connectivity index (χ4n) is 10.1. The Morgan fingerprint density at radius 3 is 1.32 bits per heavy atom. The molecule has 5 aromatic rings. The van der Waals surface area contributed by atoms with Gasteiger partial charge in [0.2, 0.25) is 0 Å². The third kappa shape index (κ3) is 5.12. The fourth-order valence-corrected chi connectivity index (χ4v) is 10.1. The van der Waals surface area contributed by atoms with Crippen LogP contribution in [0.2, 0.25) is 0 Å². The van der Waals surface area contributed by atoms with E-state index in [0.717, 1.165) is 49.0 Å². The van der Waals surface area contributed by atoms with E-state index in [1.165, 1.54) is 71.9 Å². The average molecular weight is 665 g/mol. The van der Waals surface area contributed by atoms with Crippen LogP contribution in [-0.2, 0) is 23.7 Å². The SMILES string of the molecule is CN1CCC[C@H]1c1ncc(-c2ccc(-c3c4c(c(-c5ccc(-c6cnc([C@@H]7CCCN7C)[nH]6)cc5)c5c3C(C)(C)CC5)C(C)(C)CC4)cc2)[nH]1. The Kier molecular flexibility index (Phi) is 7.53. The summed E-state index contributed by atoms with van der Waals surface area (Å²) in [6, 6.07) is 19.6. The number of H-pyrrole nitrogens is 2. The van der Waals surface area contributed by atoms with Crippen molar-refractivity contribution in [3.05, 3.63) is 94.8 Å². The number of aromatic amines is 2. The van der Waals surface area contributed by atoms with Crippen molar-refractivity contribution in [1.29, 1.82) is 0 Å². The molecule has 0 bridgehead atoms. The Bertz CT molecular complexity index is 1910. The number of hydrogen-bond donors (Lipinski definition) is 2. The molecule has 0 unspecified atom stereocenters. The van der Waals surface area contributed by atoms with Gasteiger partial charge in [-0.05, 0) is 145 Å². The van der Waals surface area contributed by atoms with Crippen molar-refractivity contribution in [1.82, 2.24) is 29.7 Å². The second kappa shape index (κ2) is 11.8. The quantitative estimate of drug-likeness (QED) is 0.190. The van der Waals surface area contributed by atoms with E-state index >= 15 is 0 Å². The van der Waals surface area contributed by atoms with Gasteiger partial charge >= 0.3 is 0 Å². The number of nitrogens with zero attached hydrogens (tertiary/aromatic N) is 4. The van der Waals surface area contributed by atoms with Crippen molar-refractivity contribution in [2.24, 2.45) is 0 Å². The molecule has 2 atom stereocenters. The van der Waals surface area contributed by atoms with E-state index in [1.54, 1.807) is 22.3 Å². The Balaban J connectivity index is 1.11. The third-order valence-corrected chi connectivity index (χ3v) is 12.9. The summed E-state index contributed by atoms with van der Waals surface area (Å²) in [5.74, 6) is 2.19. The molecule has 2 aliphatic carbocycles. The molecular weight excluding hydrogens is 613 g/mol. The van der Waals surface area contributed by atoms with E-state index in [4.69, 9.17) is 9.97 Å². The Hall–Kier alpha value is -4.00. The van der Waals surface area contributed by atoms with Crippen LogP contribution in [-0.4, -0.2) is 56.9 Å². The number of imidazole rings is 2. The molecule has 3 aromatic carbocycles. The van der Waals surface area contributed by atoms with Crippen molar-refractivity contribution < 1.29 is 0 Å². The van der Waals surface area contributed by atoms with Crippen LogP contribution in [0.3, 0.4) is 0 Å². The molecule has 0 spiro atoms. The summed E-state index contributed by atoms with van der Waals surface area (Å²) in [6.45, 7) is 12.2.